The summed E-state index contributed by atoms with van der Waals surface area (Å²) in [6, 6.07) is 16.7. The molecule has 1 aliphatic rings. The van der Waals surface area contributed by atoms with Crippen LogP contribution in [0.15, 0.2) is 67.3 Å². The number of hydrogen-bond donors (Lipinski definition) is 0. The van der Waals surface area contributed by atoms with Crippen LogP contribution in [0, 0.1) is 0 Å². The van der Waals surface area contributed by atoms with Crippen molar-refractivity contribution in [2.45, 2.75) is 31.8 Å². The Morgan fingerprint density at radius 1 is 1.19 bits per heavy atom. The molecule has 4 heteroatoms. The first-order valence-corrected chi connectivity index (χ1v) is 8.84. The van der Waals surface area contributed by atoms with Crippen molar-refractivity contribution < 1.29 is 14.3 Å². The van der Waals surface area contributed by atoms with Crippen LogP contribution < -0.4 is 0 Å². The molecule has 0 radical (unpaired) electrons. The van der Waals surface area contributed by atoms with Crippen LogP contribution in [0.4, 0.5) is 0 Å². The molecule has 0 bridgehead atoms. The van der Waals surface area contributed by atoms with Crippen molar-refractivity contribution in [2.75, 3.05) is 6.61 Å². The summed E-state index contributed by atoms with van der Waals surface area (Å²) in [6.07, 6.45) is 1.97. The third-order valence-corrected chi connectivity index (χ3v) is 4.96. The van der Waals surface area contributed by atoms with Gasteiger partial charge in [-0.15, -0.1) is 6.58 Å². The fourth-order valence-corrected chi connectivity index (χ4v) is 3.81. The van der Waals surface area contributed by atoms with E-state index in [9.17, 15) is 9.59 Å². The lowest BCUT2D eigenvalue weighted by atomic mass is 9.85. The van der Waals surface area contributed by atoms with E-state index in [2.05, 4.69) is 6.58 Å². The fourth-order valence-electron chi connectivity index (χ4n) is 3.81. The van der Waals surface area contributed by atoms with E-state index in [4.69, 9.17) is 4.74 Å². The minimum absolute atomic E-state index is 0.160. The molecule has 0 spiro atoms. The summed E-state index contributed by atoms with van der Waals surface area (Å²) < 4.78 is 5.42. The second-order valence-corrected chi connectivity index (χ2v) is 6.38. The number of fused-ring (bicyclic) bond motifs is 1. The van der Waals surface area contributed by atoms with Crippen molar-refractivity contribution >= 4 is 11.9 Å². The van der Waals surface area contributed by atoms with Crippen LogP contribution in [-0.4, -0.2) is 23.4 Å². The highest BCUT2D eigenvalue weighted by Gasteiger charge is 2.56. The number of carbonyl (C=O) groups is 2. The van der Waals surface area contributed by atoms with Crippen LogP contribution in [0.1, 0.15) is 47.8 Å². The summed E-state index contributed by atoms with van der Waals surface area (Å²) in [7, 11) is 0. The Balaban J connectivity index is 2.21. The van der Waals surface area contributed by atoms with Gasteiger partial charge in [-0.2, -0.15) is 0 Å². The van der Waals surface area contributed by atoms with Gasteiger partial charge in [0, 0.05) is 17.5 Å². The first-order chi connectivity index (χ1) is 12.6. The van der Waals surface area contributed by atoms with Crippen molar-refractivity contribution in [3.8, 4) is 0 Å². The summed E-state index contributed by atoms with van der Waals surface area (Å²) in [5.41, 5.74) is 1.00. The Kier molecular flexibility index (Phi) is 4.94. The molecule has 1 heterocycles. The van der Waals surface area contributed by atoms with E-state index in [0.29, 0.717) is 17.5 Å². The lowest BCUT2D eigenvalue weighted by molar-refractivity contribution is -0.157. The molecule has 1 amide bonds. The van der Waals surface area contributed by atoms with Gasteiger partial charge < -0.3 is 9.64 Å². The van der Waals surface area contributed by atoms with Crippen LogP contribution in [0.3, 0.4) is 0 Å². The minimum Gasteiger partial charge on any atom is -0.464 e. The largest absolute Gasteiger partial charge is 0.464 e. The normalized spacial score (nSPS) is 19.8. The molecule has 2 aromatic carbocycles. The van der Waals surface area contributed by atoms with Gasteiger partial charge in [0.05, 0.1) is 12.6 Å². The molecule has 2 atom stereocenters. The highest BCUT2D eigenvalue weighted by Crippen LogP contribution is 2.47. The molecular weight excluding hydrogens is 326 g/mol. The summed E-state index contributed by atoms with van der Waals surface area (Å²) in [6.45, 7) is 7.79. The summed E-state index contributed by atoms with van der Waals surface area (Å²) in [5, 5.41) is 0. The fraction of sp³-hybridized carbons (Fsp3) is 0.273. The SMILES string of the molecule is C=CC[C@]1(C(=O)OCC)c2ccccc2C(=O)N1[C@@H](C)c1ccccc1. The number of rotatable bonds is 6. The third kappa shape index (κ3) is 2.62. The quantitative estimate of drug-likeness (QED) is 0.579. The van der Waals surface area contributed by atoms with Crippen molar-refractivity contribution in [1.29, 1.82) is 0 Å². The maximum Gasteiger partial charge on any atom is 0.337 e. The summed E-state index contributed by atoms with van der Waals surface area (Å²) in [4.78, 5) is 28.1. The molecule has 0 fully saturated rings. The Bertz CT molecular complexity index is 830. The number of esters is 1. The van der Waals surface area contributed by atoms with E-state index in [1.54, 1.807) is 24.0 Å². The maximum absolute atomic E-state index is 13.3. The second-order valence-electron chi connectivity index (χ2n) is 6.38. The first kappa shape index (κ1) is 17.9. The Morgan fingerprint density at radius 2 is 1.85 bits per heavy atom. The Morgan fingerprint density at radius 3 is 2.50 bits per heavy atom. The van der Waals surface area contributed by atoms with Crippen molar-refractivity contribution in [2.24, 2.45) is 0 Å². The lowest BCUT2D eigenvalue weighted by Crippen LogP contribution is -2.51. The van der Waals surface area contributed by atoms with Gasteiger partial charge in [-0.05, 0) is 25.5 Å². The van der Waals surface area contributed by atoms with Crippen molar-refractivity contribution in [3.63, 3.8) is 0 Å². The van der Waals surface area contributed by atoms with Gasteiger partial charge in [0.1, 0.15) is 0 Å². The van der Waals surface area contributed by atoms with Gasteiger partial charge in [0.15, 0.2) is 5.54 Å². The van der Waals surface area contributed by atoms with E-state index in [1.165, 1.54) is 0 Å². The smallest absolute Gasteiger partial charge is 0.337 e. The first-order valence-electron chi connectivity index (χ1n) is 8.84. The number of amides is 1. The van der Waals surface area contributed by atoms with Gasteiger partial charge in [-0.3, -0.25) is 4.79 Å². The van der Waals surface area contributed by atoms with E-state index in [-0.39, 0.29) is 18.6 Å². The monoisotopic (exact) mass is 349 g/mol. The zero-order chi connectivity index (χ0) is 18.7. The minimum atomic E-state index is -1.19. The molecule has 0 saturated carbocycles. The molecule has 3 rings (SSSR count). The predicted octanol–water partition coefficient (Wildman–Crippen LogP) is 4.24. The lowest BCUT2D eigenvalue weighted by Gasteiger charge is -2.40. The van der Waals surface area contributed by atoms with E-state index in [0.717, 1.165) is 5.56 Å². The number of nitrogens with zero attached hydrogens (tertiary/aromatic N) is 1. The highest BCUT2D eigenvalue weighted by molar-refractivity contribution is 6.06. The van der Waals surface area contributed by atoms with Crippen LogP contribution in [-0.2, 0) is 15.1 Å². The molecule has 1 aliphatic heterocycles. The number of carbonyl (C=O) groups excluding carboxylic acids is 2. The van der Waals surface area contributed by atoms with E-state index in [1.807, 2.05) is 55.5 Å². The maximum atomic E-state index is 13.3. The van der Waals surface area contributed by atoms with Gasteiger partial charge in [0.25, 0.3) is 5.91 Å². The van der Waals surface area contributed by atoms with Crippen molar-refractivity contribution in [1.82, 2.24) is 4.90 Å². The number of hydrogen-bond acceptors (Lipinski definition) is 3. The number of benzene rings is 2. The summed E-state index contributed by atoms with van der Waals surface area (Å²) in [5.74, 6) is -0.576. The topological polar surface area (TPSA) is 46.6 Å². The Hall–Kier alpha value is -2.88. The average molecular weight is 349 g/mol. The highest BCUT2D eigenvalue weighted by atomic mass is 16.5. The van der Waals surface area contributed by atoms with Crippen LogP contribution in [0.25, 0.3) is 0 Å². The molecule has 0 saturated heterocycles. The van der Waals surface area contributed by atoms with Gasteiger partial charge >= 0.3 is 5.97 Å². The molecule has 2 aromatic rings. The molecule has 0 aliphatic carbocycles. The molecule has 134 valence electrons. The van der Waals surface area contributed by atoms with Crippen LogP contribution >= 0.6 is 0 Å². The van der Waals surface area contributed by atoms with Crippen LogP contribution in [0.5, 0.6) is 0 Å². The van der Waals surface area contributed by atoms with Crippen molar-refractivity contribution in [3.05, 3.63) is 83.9 Å². The van der Waals surface area contributed by atoms with Gasteiger partial charge in [-0.1, -0.05) is 54.6 Å². The predicted molar refractivity (Wildman–Crippen MR) is 101 cm³/mol. The van der Waals surface area contributed by atoms with E-state index >= 15 is 0 Å². The molecule has 0 aromatic heterocycles. The number of ether oxygens (including phenoxy) is 1. The van der Waals surface area contributed by atoms with Crippen LogP contribution in [0.2, 0.25) is 0 Å². The van der Waals surface area contributed by atoms with E-state index < -0.39 is 11.5 Å². The molecule has 0 N–H and O–H groups in total. The zero-order valence-corrected chi connectivity index (χ0v) is 15.1. The standard InChI is InChI=1S/C22H23NO3/c1-4-15-22(21(25)26-5-2)19-14-10-9-13-18(19)20(24)23(22)16(3)17-11-7-6-8-12-17/h4,6-14,16H,1,5,15H2,2-3H3/t16-,22+/m0/s1. The molecule has 4 nitrogen and oxygen atoms in total. The molecule has 0 unspecified atom stereocenters. The second kappa shape index (κ2) is 7.16. The Labute approximate surface area is 154 Å². The van der Waals surface area contributed by atoms with Gasteiger partial charge in [-0.25, -0.2) is 4.79 Å². The molecular formula is C22H23NO3. The molecule has 26 heavy (non-hydrogen) atoms. The third-order valence-electron chi connectivity index (χ3n) is 4.96. The average Bonchev–Trinajstić information content (AvgIpc) is 2.92. The van der Waals surface area contributed by atoms with Gasteiger partial charge in [0.2, 0.25) is 0 Å². The summed E-state index contributed by atoms with van der Waals surface area (Å²) >= 11 is 0. The zero-order valence-electron chi connectivity index (χ0n) is 15.1.